The van der Waals surface area contributed by atoms with Crippen molar-refractivity contribution in [3.8, 4) is 0 Å². The Morgan fingerprint density at radius 2 is 0.937 bits per heavy atom. The average molecular weight is 1360 g/mol. The Morgan fingerprint density at radius 1 is 0.474 bits per heavy atom. The fourth-order valence-corrected chi connectivity index (χ4v) is 11.5. The summed E-state index contributed by atoms with van der Waals surface area (Å²) in [6.45, 7) is 21.5. The normalized spacial score (nSPS) is 14.7. The van der Waals surface area contributed by atoms with Gasteiger partial charge in [0.05, 0.1) is 24.2 Å². The number of rotatable bonds is 57. The summed E-state index contributed by atoms with van der Waals surface area (Å²) in [5.74, 6) is -5.58. The number of hydrogen-bond donors (Lipinski definition) is 12. The maximum atomic E-state index is 14.1. The summed E-state index contributed by atoms with van der Waals surface area (Å²) in [5.41, 5.74) is 32.5. The molecule has 0 aromatic carbocycles. The van der Waals surface area contributed by atoms with Gasteiger partial charge in [-0.05, 0) is 114 Å². The number of unbranched alkanes of at least 4 members (excludes halogenated alkanes) is 13. The Kier molecular flexibility index (Phi) is 53.2. The summed E-state index contributed by atoms with van der Waals surface area (Å²) in [6.07, 6.45) is 22.2. The Bertz CT molecular complexity index is 2280. The van der Waals surface area contributed by atoms with Crippen LogP contribution in [0.4, 0.5) is 0 Å². The second-order valence-corrected chi connectivity index (χ2v) is 27.9. The van der Waals surface area contributed by atoms with E-state index in [4.69, 9.17) is 34.4 Å². The van der Waals surface area contributed by atoms with Crippen molar-refractivity contribution in [3.05, 3.63) is 0 Å². The van der Waals surface area contributed by atoms with Crippen LogP contribution in [0.15, 0.2) is 9.98 Å². The highest BCUT2D eigenvalue weighted by molar-refractivity contribution is 7.98. The van der Waals surface area contributed by atoms with E-state index in [0.29, 0.717) is 89.6 Å². The molecule has 550 valence electrons. The lowest BCUT2D eigenvalue weighted by Crippen LogP contribution is -2.51. The Hall–Kier alpha value is -5.69. The van der Waals surface area contributed by atoms with Crippen LogP contribution >= 0.6 is 11.8 Å². The molecule has 0 rings (SSSR count). The molecule has 11 atom stereocenters. The Morgan fingerprint density at radius 3 is 1.38 bits per heavy atom. The number of Topliss-reactive ketones (excluding diaryl/α,β-unsaturated/α-hetero) is 4. The first-order valence-electron chi connectivity index (χ1n) is 35.8. The van der Waals surface area contributed by atoms with Gasteiger partial charge in [-0.2, -0.15) is 11.8 Å². The van der Waals surface area contributed by atoms with Crippen molar-refractivity contribution in [2.75, 3.05) is 31.6 Å². The van der Waals surface area contributed by atoms with Gasteiger partial charge in [0.25, 0.3) is 0 Å². The molecule has 24 nitrogen and oxygen atoms in total. The number of hydrogen-bond acceptors (Lipinski definition) is 15. The minimum Gasteiger partial charge on any atom is -0.391 e. The van der Waals surface area contributed by atoms with Gasteiger partial charge in [-0.25, -0.2) is 0 Å². The van der Waals surface area contributed by atoms with Crippen LogP contribution < -0.4 is 61.0 Å². The minimum atomic E-state index is -1.10. The maximum Gasteiger partial charge on any atom is 0.239 e. The number of nitrogens with two attached hydrogens (primary N) is 6. The number of guanidine groups is 2. The van der Waals surface area contributed by atoms with E-state index in [2.05, 4.69) is 43.5 Å². The van der Waals surface area contributed by atoms with E-state index in [0.717, 1.165) is 38.5 Å². The van der Waals surface area contributed by atoms with Crippen molar-refractivity contribution >= 4 is 82.3 Å². The molecule has 25 heteroatoms. The number of ketones is 4. The molecule has 0 aliphatic rings. The molecule has 0 heterocycles. The number of nitrogens with zero attached hydrogens (tertiary/aromatic N) is 2. The number of aliphatic hydroxyl groups is 1. The Labute approximate surface area is 575 Å². The van der Waals surface area contributed by atoms with Crippen LogP contribution in [0.2, 0.25) is 0 Å². The van der Waals surface area contributed by atoms with Gasteiger partial charge in [0, 0.05) is 68.9 Å². The Balaban J connectivity index is 0. The molecule has 0 aromatic rings. The lowest BCUT2D eigenvalue weighted by atomic mass is 9.84. The first-order chi connectivity index (χ1) is 44.9. The largest absolute Gasteiger partial charge is 0.391 e. The zero-order valence-corrected chi connectivity index (χ0v) is 61.5. The van der Waals surface area contributed by atoms with Crippen LogP contribution in [0.25, 0.3) is 0 Å². The lowest BCUT2D eigenvalue weighted by Gasteiger charge is -2.28. The average Bonchev–Trinajstić information content (AvgIpc) is 0.898. The van der Waals surface area contributed by atoms with Crippen molar-refractivity contribution in [1.82, 2.24) is 26.6 Å². The van der Waals surface area contributed by atoms with Gasteiger partial charge in [0.15, 0.2) is 35.1 Å². The van der Waals surface area contributed by atoms with Gasteiger partial charge in [-0.15, -0.1) is 0 Å². The summed E-state index contributed by atoms with van der Waals surface area (Å²) in [6, 6.07) is -4.38. The van der Waals surface area contributed by atoms with E-state index in [1.165, 1.54) is 83.4 Å². The molecular weight excluding hydrogens is 1230 g/mol. The lowest BCUT2D eigenvalue weighted by molar-refractivity contribution is -0.136. The molecule has 0 aliphatic heterocycles. The number of aliphatic hydroxyl groups excluding tert-OH is 1. The third kappa shape index (κ3) is 45.4. The highest BCUT2D eigenvalue weighted by Crippen LogP contribution is 2.25. The van der Waals surface area contributed by atoms with Gasteiger partial charge in [-0.1, -0.05) is 152 Å². The molecule has 0 aliphatic carbocycles. The number of nitrogens with one attached hydrogen (secondary N) is 5. The molecule has 0 saturated heterocycles. The standard InChI is InChI=1S/C47H88N6O7S.C23H45N7O4/c1-9-12-13-14-15-16-17-18-19-20-21-22-23-26-43(58)51-38(25-24-28-50-47(48)49)42(57)32-37(34(6)10-2)46(60)52-39(30-33(4)5)41(56)31-36(27-29-61-8)45(59)53-44(35(7)54)40(55)11-3;1-14(2)12-18(30-21(33)15(3)8-5-6-10-24)19(31)13-17(9-7-11-28-23(26)27)22(34)29-16(4)20(25)32/h33-39,44,54H,9-32H2,1-8H3,(H,51,58)(H,52,60)(H,53,59)(H4,48,49,50);14-18H,5-13,24H2,1-4H3,(H2,25,32)(H,29,34)(H,30,33)(H4,26,27,28)/t34-,35+,36+,37-,38-,39-,44-;15-,16-,17+,18-/m00/s1. The van der Waals surface area contributed by atoms with E-state index in [9.17, 15) is 53.1 Å². The molecule has 0 saturated carbocycles. The predicted molar refractivity (Wildman–Crippen MR) is 384 cm³/mol. The van der Waals surface area contributed by atoms with E-state index >= 15 is 0 Å². The molecule has 95 heavy (non-hydrogen) atoms. The van der Waals surface area contributed by atoms with Crippen LogP contribution in [-0.4, -0.2) is 144 Å². The van der Waals surface area contributed by atoms with Gasteiger partial charge < -0.3 is 66.1 Å². The van der Waals surface area contributed by atoms with E-state index in [-0.39, 0.29) is 96.2 Å². The monoisotopic (exact) mass is 1360 g/mol. The molecule has 0 radical (unpaired) electrons. The van der Waals surface area contributed by atoms with Crippen LogP contribution in [0.1, 0.15) is 262 Å². The highest BCUT2D eigenvalue weighted by atomic mass is 32.2. The van der Waals surface area contributed by atoms with Gasteiger partial charge in [-0.3, -0.25) is 57.9 Å². The van der Waals surface area contributed by atoms with Crippen molar-refractivity contribution in [3.63, 3.8) is 0 Å². The van der Waals surface area contributed by atoms with Crippen molar-refractivity contribution in [2.24, 2.45) is 85.8 Å². The van der Waals surface area contributed by atoms with Gasteiger partial charge in [0.1, 0.15) is 12.1 Å². The van der Waals surface area contributed by atoms with E-state index in [1.807, 2.05) is 54.7 Å². The molecule has 0 fully saturated rings. The van der Waals surface area contributed by atoms with E-state index in [1.54, 1.807) is 6.92 Å². The first kappa shape index (κ1) is 91.4. The molecule has 0 unspecified atom stereocenters. The minimum absolute atomic E-state index is 0.0258. The highest BCUT2D eigenvalue weighted by Gasteiger charge is 2.36. The molecule has 0 bridgehead atoms. The smallest absolute Gasteiger partial charge is 0.239 e. The van der Waals surface area contributed by atoms with Crippen molar-refractivity contribution in [2.45, 2.75) is 299 Å². The van der Waals surface area contributed by atoms with Gasteiger partial charge in [0.2, 0.25) is 35.4 Å². The molecule has 0 aromatic heterocycles. The second kappa shape index (κ2) is 55.3. The van der Waals surface area contributed by atoms with Crippen LogP contribution in [0, 0.1) is 41.4 Å². The molecular formula is C70H133N13O11S. The van der Waals surface area contributed by atoms with Crippen LogP contribution in [-0.2, 0) is 47.9 Å². The molecule has 18 N–H and O–H groups in total. The third-order valence-corrected chi connectivity index (χ3v) is 17.8. The van der Waals surface area contributed by atoms with Crippen LogP contribution in [0.5, 0.6) is 0 Å². The summed E-state index contributed by atoms with van der Waals surface area (Å²) >= 11 is 1.53. The number of primary amides is 1. The molecule has 0 spiro atoms. The zero-order chi connectivity index (χ0) is 72.4. The summed E-state index contributed by atoms with van der Waals surface area (Å²) in [4.78, 5) is 139. The van der Waals surface area contributed by atoms with Crippen LogP contribution in [0.3, 0.4) is 0 Å². The fourth-order valence-electron chi connectivity index (χ4n) is 11.0. The quantitative estimate of drug-likeness (QED) is 0.0162. The zero-order valence-electron chi connectivity index (χ0n) is 60.6. The second-order valence-electron chi connectivity index (χ2n) is 26.9. The van der Waals surface area contributed by atoms with Gasteiger partial charge >= 0.3 is 0 Å². The number of thioether (sulfide) groups is 1. The first-order valence-corrected chi connectivity index (χ1v) is 37.2. The summed E-state index contributed by atoms with van der Waals surface area (Å²) in [5, 5.41) is 24.2. The molecule has 6 amide bonds. The third-order valence-electron chi connectivity index (χ3n) is 17.2. The number of amides is 6. The summed E-state index contributed by atoms with van der Waals surface area (Å²) in [7, 11) is 0. The number of aliphatic imine (C=N–C) groups is 2. The topological polar surface area (TPSA) is 432 Å². The van der Waals surface area contributed by atoms with E-state index < -0.39 is 77.7 Å². The SMILES string of the molecule is CC(C)C[C@H](NC(=O)[C@@H](C)CCCCN)C(=O)C[C@@H](CCCN=C(N)N)C(=O)N[C@@H](C)C(N)=O.CCCCCCCCCCCCCCCC(=O)N[C@@H](CCCN=C(N)N)C(=O)C[C@H](C(=O)N[C@@H](CC(C)C)C(=O)C[C@@H](CCSC)C(=O)N[C@H](C(=O)CC)[C@@H](C)O)[C@@H](C)CC. The maximum absolute atomic E-state index is 14.1. The predicted octanol–water partition coefficient (Wildman–Crippen LogP) is 7.23. The van der Waals surface area contributed by atoms with Crippen molar-refractivity contribution in [1.29, 1.82) is 0 Å². The van der Waals surface area contributed by atoms with Crippen molar-refractivity contribution < 1.29 is 53.1 Å². The fraction of sp³-hybridized carbons (Fsp3) is 0.829. The summed E-state index contributed by atoms with van der Waals surface area (Å²) < 4.78 is 0. The number of carbonyl (C=O) groups excluding carboxylic acids is 10. The number of carbonyl (C=O) groups is 10.